The first kappa shape index (κ1) is 15.8. The van der Waals surface area contributed by atoms with Crippen LogP contribution in [0.15, 0.2) is 5.16 Å². The predicted octanol–water partition coefficient (Wildman–Crippen LogP) is 0.131. The largest absolute Gasteiger partial charge is 0.481 e. The molecule has 0 saturated carbocycles. The molecule has 1 fully saturated rings. The molecule has 2 N–H and O–H groups in total. The summed E-state index contributed by atoms with van der Waals surface area (Å²) in [6, 6.07) is -0.559. The fourth-order valence-electron chi connectivity index (χ4n) is 2.34. The van der Waals surface area contributed by atoms with Crippen molar-refractivity contribution in [3.63, 3.8) is 0 Å². The van der Waals surface area contributed by atoms with E-state index in [2.05, 4.69) is 10.2 Å². The summed E-state index contributed by atoms with van der Waals surface area (Å²) in [7, 11) is 0. The third-order valence-corrected chi connectivity index (χ3v) is 4.29. The van der Waals surface area contributed by atoms with E-state index in [1.807, 2.05) is 0 Å². The highest BCUT2D eigenvalue weighted by atomic mass is 32.2. The number of aliphatic hydroxyl groups is 1. The lowest BCUT2D eigenvalue weighted by Gasteiger charge is -2.22. The molecule has 1 aromatic heterocycles. The van der Waals surface area contributed by atoms with E-state index in [0.717, 1.165) is 37.7 Å². The Labute approximate surface area is 126 Å². The highest BCUT2D eigenvalue weighted by Gasteiger charge is 2.28. The highest BCUT2D eigenvalue weighted by molar-refractivity contribution is 7.99. The van der Waals surface area contributed by atoms with Gasteiger partial charge in [-0.05, 0) is 19.8 Å². The maximum absolute atomic E-state index is 12.4. The van der Waals surface area contributed by atoms with E-state index in [1.54, 1.807) is 11.8 Å². The summed E-state index contributed by atoms with van der Waals surface area (Å²) in [6.07, 6.45) is 1.99. The number of likely N-dealkylation sites (tertiary alicyclic amines) is 1. The molecule has 9 heteroatoms. The Kier molecular flexibility index (Phi) is 5.18. The molecule has 2 rings (SSSR count). The van der Waals surface area contributed by atoms with Crippen LogP contribution in [0.25, 0.3) is 0 Å². The second kappa shape index (κ2) is 6.90. The van der Waals surface area contributed by atoms with Gasteiger partial charge in [-0.1, -0.05) is 11.8 Å². The molecule has 0 aromatic carbocycles. The van der Waals surface area contributed by atoms with Gasteiger partial charge in [0.15, 0.2) is 11.0 Å². The molecule has 2 heterocycles. The molecule has 1 aliphatic rings. The van der Waals surface area contributed by atoms with Crippen molar-refractivity contribution in [2.24, 2.45) is 0 Å². The Bertz CT molecular complexity index is 527. The second-order valence-electron chi connectivity index (χ2n) is 4.82. The van der Waals surface area contributed by atoms with Crippen LogP contribution in [-0.4, -0.2) is 60.6 Å². The number of nitrogens with zero attached hydrogens (tertiary/aromatic N) is 4. The molecule has 0 aliphatic carbocycles. The van der Waals surface area contributed by atoms with Crippen LogP contribution in [0.3, 0.4) is 0 Å². The van der Waals surface area contributed by atoms with Gasteiger partial charge in [0.05, 0.1) is 5.75 Å². The van der Waals surface area contributed by atoms with Crippen molar-refractivity contribution in [3.05, 3.63) is 5.82 Å². The van der Waals surface area contributed by atoms with Crippen LogP contribution < -0.4 is 0 Å². The van der Waals surface area contributed by atoms with E-state index in [0.29, 0.717) is 5.16 Å². The molecule has 1 amide bonds. The number of amides is 1. The number of thioether (sulfide) groups is 1. The van der Waals surface area contributed by atoms with Crippen molar-refractivity contribution >= 4 is 23.6 Å². The number of carbonyl (C=O) groups is 2. The van der Waals surface area contributed by atoms with Crippen LogP contribution in [0.1, 0.15) is 31.6 Å². The minimum Gasteiger partial charge on any atom is -0.481 e. The number of aliphatic hydroxyl groups excluding tert-OH is 1. The second-order valence-corrected chi connectivity index (χ2v) is 5.76. The van der Waals surface area contributed by atoms with Crippen LogP contribution in [0, 0.1) is 0 Å². The Balaban J connectivity index is 2.20. The molecule has 0 spiro atoms. The molecular formula is C12H18N4O4S. The Morgan fingerprint density at radius 3 is 2.57 bits per heavy atom. The first-order valence-corrected chi connectivity index (χ1v) is 7.71. The number of aromatic nitrogens is 3. The smallest absolute Gasteiger partial charge is 0.313 e. The van der Waals surface area contributed by atoms with Gasteiger partial charge in [-0.25, -0.2) is 0 Å². The standard InChI is InChI=1S/C12H18N4O4S/c1-8(11(20)15-4-2-3-5-15)16-9(6-17)13-14-12(16)21-7-10(18)19/h8,17H,2-7H2,1H3,(H,18,19). The molecule has 1 unspecified atom stereocenters. The van der Waals surface area contributed by atoms with Gasteiger partial charge in [0.25, 0.3) is 0 Å². The lowest BCUT2D eigenvalue weighted by Crippen LogP contribution is -2.34. The number of carboxylic acid groups (broad SMARTS) is 1. The van der Waals surface area contributed by atoms with E-state index in [-0.39, 0.29) is 24.1 Å². The molecule has 116 valence electrons. The third kappa shape index (κ3) is 3.53. The summed E-state index contributed by atoms with van der Waals surface area (Å²) in [5.74, 6) is -0.936. The SMILES string of the molecule is CC(C(=O)N1CCCC1)n1c(CO)nnc1SCC(=O)O. The van der Waals surface area contributed by atoms with Crippen molar-refractivity contribution in [1.82, 2.24) is 19.7 Å². The zero-order chi connectivity index (χ0) is 15.4. The third-order valence-electron chi connectivity index (χ3n) is 3.36. The van der Waals surface area contributed by atoms with Gasteiger partial charge in [-0.15, -0.1) is 10.2 Å². The predicted molar refractivity (Wildman–Crippen MR) is 74.8 cm³/mol. The quantitative estimate of drug-likeness (QED) is 0.718. The van der Waals surface area contributed by atoms with Gasteiger partial charge < -0.3 is 15.1 Å². The first-order valence-electron chi connectivity index (χ1n) is 6.72. The van der Waals surface area contributed by atoms with E-state index >= 15 is 0 Å². The maximum atomic E-state index is 12.4. The fraction of sp³-hybridized carbons (Fsp3) is 0.667. The van der Waals surface area contributed by atoms with E-state index in [1.165, 1.54) is 4.57 Å². The van der Waals surface area contributed by atoms with Crippen LogP contribution >= 0.6 is 11.8 Å². The van der Waals surface area contributed by atoms with Crippen LogP contribution in [0.5, 0.6) is 0 Å². The van der Waals surface area contributed by atoms with Crippen LogP contribution in [0.4, 0.5) is 0 Å². The number of rotatable bonds is 6. The molecule has 1 saturated heterocycles. The fourth-order valence-corrected chi connectivity index (χ4v) is 3.09. The zero-order valence-electron chi connectivity index (χ0n) is 11.7. The number of carbonyl (C=O) groups excluding carboxylic acids is 1. The van der Waals surface area contributed by atoms with Crippen LogP contribution in [-0.2, 0) is 16.2 Å². The number of hydrogen-bond acceptors (Lipinski definition) is 6. The molecule has 0 bridgehead atoms. The molecule has 1 atom stereocenters. The summed E-state index contributed by atoms with van der Waals surface area (Å²) < 4.78 is 1.52. The Morgan fingerprint density at radius 2 is 2.00 bits per heavy atom. The first-order chi connectivity index (χ1) is 10.0. The average Bonchev–Trinajstić information content (AvgIpc) is 3.12. The van der Waals surface area contributed by atoms with E-state index < -0.39 is 12.0 Å². The summed E-state index contributed by atoms with van der Waals surface area (Å²) in [4.78, 5) is 24.9. The van der Waals surface area contributed by atoms with E-state index in [9.17, 15) is 14.7 Å². The summed E-state index contributed by atoms with van der Waals surface area (Å²) in [5.41, 5.74) is 0. The molecule has 8 nitrogen and oxygen atoms in total. The average molecular weight is 314 g/mol. The monoisotopic (exact) mass is 314 g/mol. The van der Waals surface area contributed by atoms with Crippen molar-refractivity contribution < 1.29 is 19.8 Å². The van der Waals surface area contributed by atoms with Crippen molar-refractivity contribution in [3.8, 4) is 0 Å². The lowest BCUT2D eigenvalue weighted by atomic mass is 10.3. The van der Waals surface area contributed by atoms with Crippen LogP contribution in [0.2, 0.25) is 0 Å². The lowest BCUT2D eigenvalue weighted by molar-refractivity contribution is -0.134. The minimum atomic E-state index is -0.973. The van der Waals surface area contributed by atoms with Crippen molar-refractivity contribution in [2.75, 3.05) is 18.8 Å². The molecular weight excluding hydrogens is 296 g/mol. The summed E-state index contributed by atoms with van der Waals surface area (Å²) in [6.45, 7) is 2.83. The molecule has 0 radical (unpaired) electrons. The summed E-state index contributed by atoms with van der Waals surface area (Å²) in [5, 5.41) is 26.1. The number of carboxylic acids is 1. The van der Waals surface area contributed by atoms with Gasteiger partial charge in [0.2, 0.25) is 5.91 Å². The maximum Gasteiger partial charge on any atom is 0.313 e. The zero-order valence-corrected chi connectivity index (χ0v) is 12.5. The Morgan fingerprint density at radius 1 is 1.33 bits per heavy atom. The van der Waals surface area contributed by atoms with Gasteiger partial charge in [0, 0.05) is 13.1 Å². The Hall–Kier alpha value is -1.61. The topological polar surface area (TPSA) is 109 Å². The van der Waals surface area contributed by atoms with Crippen molar-refractivity contribution in [2.45, 2.75) is 37.6 Å². The highest BCUT2D eigenvalue weighted by Crippen LogP contribution is 2.24. The van der Waals surface area contributed by atoms with E-state index in [4.69, 9.17) is 5.11 Å². The number of aliphatic carboxylic acids is 1. The normalized spacial score (nSPS) is 16.2. The van der Waals surface area contributed by atoms with Gasteiger partial charge in [0.1, 0.15) is 12.6 Å². The molecule has 21 heavy (non-hydrogen) atoms. The summed E-state index contributed by atoms with van der Waals surface area (Å²) >= 11 is 0.988. The molecule has 1 aromatic rings. The van der Waals surface area contributed by atoms with Gasteiger partial charge in [-0.3, -0.25) is 14.2 Å². The van der Waals surface area contributed by atoms with Gasteiger partial charge >= 0.3 is 5.97 Å². The number of hydrogen-bond donors (Lipinski definition) is 2. The van der Waals surface area contributed by atoms with Crippen molar-refractivity contribution in [1.29, 1.82) is 0 Å². The van der Waals surface area contributed by atoms with Gasteiger partial charge in [-0.2, -0.15) is 0 Å². The molecule has 1 aliphatic heterocycles. The minimum absolute atomic E-state index is 0.0563.